The van der Waals surface area contributed by atoms with Gasteiger partial charge in [0.25, 0.3) is 5.91 Å². The molecule has 0 spiro atoms. The van der Waals surface area contributed by atoms with Gasteiger partial charge in [-0.15, -0.1) is 0 Å². The van der Waals surface area contributed by atoms with Gasteiger partial charge in [-0.25, -0.2) is 10.2 Å². The van der Waals surface area contributed by atoms with Crippen LogP contribution in [0.2, 0.25) is 0 Å². The van der Waals surface area contributed by atoms with Crippen LogP contribution in [0.15, 0.2) is 65.8 Å². The molecule has 0 unspecified atom stereocenters. The largest absolute Gasteiger partial charge is 0.507 e. The summed E-state index contributed by atoms with van der Waals surface area (Å²) in [5.74, 6) is -0.589. The predicted octanol–water partition coefficient (Wildman–Crippen LogP) is 2.86. The molecule has 3 aromatic carbocycles. The van der Waals surface area contributed by atoms with Crippen LogP contribution in [-0.4, -0.2) is 36.9 Å². The van der Waals surface area contributed by atoms with Crippen LogP contribution in [0.1, 0.15) is 15.9 Å². The van der Waals surface area contributed by atoms with E-state index >= 15 is 0 Å². The van der Waals surface area contributed by atoms with E-state index in [1.54, 1.807) is 36.4 Å². The van der Waals surface area contributed by atoms with Crippen molar-refractivity contribution in [1.29, 1.82) is 0 Å². The number of ether oxygens (including phenoxy) is 2. The molecule has 3 aromatic rings. The van der Waals surface area contributed by atoms with Crippen molar-refractivity contribution in [1.82, 2.24) is 5.43 Å². The second kappa shape index (κ2) is 8.68. The van der Waals surface area contributed by atoms with Crippen LogP contribution >= 0.6 is 0 Å². The number of carbonyl (C=O) groups excluding carboxylic acids is 2. The van der Waals surface area contributed by atoms with Gasteiger partial charge < -0.3 is 14.6 Å². The fourth-order valence-corrected chi connectivity index (χ4v) is 2.49. The van der Waals surface area contributed by atoms with Crippen molar-refractivity contribution in [3.63, 3.8) is 0 Å². The van der Waals surface area contributed by atoms with E-state index in [-0.39, 0.29) is 17.9 Å². The van der Waals surface area contributed by atoms with Crippen molar-refractivity contribution in [2.75, 3.05) is 13.7 Å². The quantitative estimate of drug-likeness (QED) is 0.391. The molecule has 0 radical (unpaired) electrons. The number of hydrogen-bond acceptors (Lipinski definition) is 6. The molecule has 28 heavy (non-hydrogen) atoms. The number of methoxy groups -OCH3 is 1. The molecule has 0 aliphatic heterocycles. The number of rotatable bonds is 6. The van der Waals surface area contributed by atoms with Gasteiger partial charge in [0, 0.05) is 0 Å². The SMILES string of the molecule is COC(=O)COc1ccc(/C=N/NC(=O)c2cc3ccccc3cc2O)cc1. The summed E-state index contributed by atoms with van der Waals surface area (Å²) in [7, 11) is 1.29. The van der Waals surface area contributed by atoms with Crippen molar-refractivity contribution in [2.45, 2.75) is 0 Å². The zero-order valence-electron chi connectivity index (χ0n) is 15.1. The van der Waals surface area contributed by atoms with Crippen LogP contribution in [0.3, 0.4) is 0 Å². The van der Waals surface area contributed by atoms with E-state index < -0.39 is 11.9 Å². The fourth-order valence-electron chi connectivity index (χ4n) is 2.49. The highest BCUT2D eigenvalue weighted by molar-refractivity contribution is 6.01. The summed E-state index contributed by atoms with van der Waals surface area (Å²) in [5.41, 5.74) is 3.25. The first kappa shape index (κ1) is 18.9. The first-order valence-electron chi connectivity index (χ1n) is 8.41. The summed E-state index contributed by atoms with van der Waals surface area (Å²) in [5, 5.41) is 15.7. The molecule has 0 atom stereocenters. The molecular weight excluding hydrogens is 360 g/mol. The van der Waals surface area contributed by atoms with E-state index in [4.69, 9.17) is 4.74 Å². The Kier molecular flexibility index (Phi) is 5.86. The maximum absolute atomic E-state index is 12.3. The van der Waals surface area contributed by atoms with Crippen LogP contribution in [0, 0.1) is 0 Å². The number of nitrogens with zero attached hydrogens (tertiary/aromatic N) is 1. The van der Waals surface area contributed by atoms with Gasteiger partial charge >= 0.3 is 5.97 Å². The molecule has 7 heteroatoms. The number of phenols is 1. The van der Waals surface area contributed by atoms with Gasteiger partial charge in [-0.1, -0.05) is 24.3 Å². The molecule has 142 valence electrons. The fraction of sp³-hybridized carbons (Fsp3) is 0.0952. The van der Waals surface area contributed by atoms with Gasteiger partial charge in [0.15, 0.2) is 6.61 Å². The van der Waals surface area contributed by atoms with E-state index in [1.807, 2.05) is 24.3 Å². The molecular formula is C21H18N2O5. The summed E-state index contributed by atoms with van der Waals surface area (Å²) in [4.78, 5) is 23.3. The number of amides is 1. The van der Waals surface area contributed by atoms with Gasteiger partial charge in [0.2, 0.25) is 0 Å². The van der Waals surface area contributed by atoms with Crippen LogP contribution < -0.4 is 10.2 Å². The van der Waals surface area contributed by atoms with Crippen molar-refractivity contribution in [3.8, 4) is 11.5 Å². The number of phenolic OH excluding ortho intramolecular Hbond substituents is 1. The lowest BCUT2D eigenvalue weighted by Crippen LogP contribution is -2.17. The Bertz CT molecular complexity index is 1030. The number of nitrogens with one attached hydrogen (secondary N) is 1. The number of hydrogen-bond donors (Lipinski definition) is 2. The van der Waals surface area contributed by atoms with Crippen LogP contribution in [0.25, 0.3) is 10.8 Å². The van der Waals surface area contributed by atoms with Gasteiger partial charge in [0.1, 0.15) is 11.5 Å². The molecule has 0 fully saturated rings. The lowest BCUT2D eigenvalue weighted by Gasteiger charge is -2.06. The van der Waals surface area contributed by atoms with Crippen LogP contribution in [-0.2, 0) is 9.53 Å². The second-order valence-corrected chi connectivity index (χ2v) is 5.85. The van der Waals surface area contributed by atoms with Gasteiger partial charge in [-0.2, -0.15) is 5.10 Å². The average molecular weight is 378 g/mol. The minimum atomic E-state index is -0.516. The molecule has 0 aromatic heterocycles. The summed E-state index contributed by atoms with van der Waals surface area (Å²) in [6.07, 6.45) is 1.46. The molecule has 2 N–H and O–H groups in total. The van der Waals surface area contributed by atoms with Crippen molar-refractivity contribution >= 4 is 28.9 Å². The lowest BCUT2D eigenvalue weighted by atomic mass is 10.1. The minimum absolute atomic E-state index is 0.112. The molecule has 3 rings (SSSR count). The average Bonchev–Trinajstić information content (AvgIpc) is 2.72. The monoisotopic (exact) mass is 378 g/mol. The number of aromatic hydroxyl groups is 1. The lowest BCUT2D eigenvalue weighted by molar-refractivity contribution is -0.142. The molecule has 7 nitrogen and oxygen atoms in total. The summed E-state index contributed by atoms with van der Waals surface area (Å²) >= 11 is 0. The highest BCUT2D eigenvalue weighted by Crippen LogP contribution is 2.24. The topological polar surface area (TPSA) is 97.2 Å². The smallest absolute Gasteiger partial charge is 0.343 e. The molecule has 0 saturated heterocycles. The van der Waals surface area contributed by atoms with Crippen molar-refractivity contribution in [3.05, 3.63) is 71.8 Å². The molecule has 0 aliphatic carbocycles. The Balaban J connectivity index is 1.62. The normalized spacial score (nSPS) is 10.8. The zero-order chi connectivity index (χ0) is 19.9. The van der Waals surface area contributed by atoms with Crippen molar-refractivity contribution in [2.24, 2.45) is 5.10 Å². The first-order chi connectivity index (χ1) is 13.6. The molecule has 0 bridgehead atoms. The zero-order valence-corrected chi connectivity index (χ0v) is 15.1. The third kappa shape index (κ3) is 4.64. The highest BCUT2D eigenvalue weighted by Gasteiger charge is 2.11. The maximum atomic E-state index is 12.3. The Morgan fingerprint density at radius 3 is 2.43 bits per heavy atom. The maximum Gasteiger partial charge on any atom is 0.343 e. The minimum Gasteiger partial charge on any atom is -0.507 e. The number of carbonyl (C=O) groups is 2. The Morgan fingerprint density at radius 2 is 1.75 bits per heavy atom. The van der Waals surface area contributed by atoms with E-state index in [9.17, 15) is 14.7 Å². The van der Waals surface area contributed by atoms with E-state index in [2.05, 4.69) is 15.3 Å². The van der Waals surface area contributed by atoms with Crippen LogP contribution in [0.5, 0.6) is 11.5 Å². The third-order valence-corrected chi connectivity index (χ3v) is 3.95. The molecule has 0 aliphatic rings. The number of benzene rings is 3. The third-order valence-electron chi connectivity index (χ3n) is 3.95. The predicted molar refractivity (Wildman–Crippen MR) is 105 cm³/mol. The number of hydrazone groups is 1. The Hall–Kier alpha value is -3.87. The Labute approximate surface area is 161 Å². The van der Waals surface area contributed by atoms with Crippen LogP contribution in [0.4, 0.5) is 0 Å². The summed E-state index contributed by atoms with van der Waals surface area (Å²) in [6, 6.07) is 17.4. The number of esters is 1. The van der Waals surface area contributed by atoms with Gasteiger partial charge in [-0.3, -0.25) is 4.79 Å². The molecule has 1 amide bonds. The van der Waals surface area contributed by atoms with E-state index in [0.717, 1.165) is 10.8 Å². The Morgan fingerprint density at radius 1 is 1.07 bits per heavy atom. The molecule has 0 saturated carbocycles. The summed E-state index contributed by atoms with van der Waals surface area (Å²) < 4.78 is 9.74. The van der Waals surface area contributed by atoms with Gasteiger partial charge in [0.05, 0.1) is 18.9 Å². The number of fused-ring (bicyclic) bond motifs is 1. The van der Waals surface area contributed by atoms with E-state index in [0.29, 0.717) is 11.3 Å². The molecule has 0 heterocycles. The first-order valence-corrected chi connectivity index (χ1v) is 8.41. The second-order valence-electron chi connectivity index (χ2n) is 5.85. The summed E-state index contributed by atoms with van der Waals surface area (Å²) in [6.45, 7) is -0.171. The van der Waals surface area contributed by atoms with Gasteiger partial charge in [-0.05, 0) is 52.7 Å². The van der Waals surface area contributed by atoms with E-state index in [1.165, 1.54) is 13.3 Å². The van der Waals surface area contributed by atoms with Crippen molar-refractivity contribution < 1.29 is 24.2 Å². The standard InChI is InChI=1S/C21H18N2O5/c1-27-20(25)13-28-17-8-6-14(7-9-17)12-22-23-21(26)18-10-15-4-2-3-5-16(15)11-19(18)24/h2-12,24H,13H2,1H3,(H,23,26)/b22-12+. The highest BCUT2D eigenvalue weighted by atomic mass is 16.6.